The number of hydroxylamine groups is 1. The zero-order valence-electron chi connectivity index (χ0n) is 7.01. The SMILES string of the molecule is CC1N=CON1c1ccc(F)cn1. The molecule has 0 radical (unpaired) electrons. The fourth-order valence-electron chi connectivity index (χ4n) is 1.06. The molecule has 4 nitrogen and oxygen atoms in total. The molecule has 0 bridgehead atoms. The second-order valence-electron chi connectivity index (χ2n) is 2.65. The highest BCUT2D eigenvalue weighted by Crippen LogP contribution is 2.17. The van der Waals surface area contributed by atoms with Crippen molar-refractivity contribution in [1.29, 1.82) is 0 Å². The van der Waals surface area contributed by atoms with Gasteiger partial charge in [-0.2, -0.15) is 5.06 Å². The van der Waals surface area contributed by atoms with Crippen molar-refractivity contribution in [3.8, 4) is 0 Å². The topological polar surface area (TPSA) is 37.7 Å². The van der Waals surface area contributed by atoms with Gasteiger partial charge in [0.2, 0.25) is 6.40 Å². The summed E-state index contributed by atoms with van der Waals surface area (Å²) in [5.74, 6) is 0.183. The molecule has 0 amide bonds. The Labute approximate surface area is 74.6 Å². The predicted molar refractivity (Wildman–Crippen MR) is 45.7 cm³/mol. The maximum absolute atomic E-state index is 12.5. The molecule has 0 spiro atoms. The number of pyridine rings is 1. The maximum atomic E-state index is 12.5. The summed E-state index contributed by atoms with van der Waals surface area (Å²) >= 11 is 0. The molecule has 1 aromatic heterocycles. The fourth-order valence-corrected chi connectivity index (χ4v) is 1.06. The van der Waals surface area contributed by atoms with Gasteiger partial charge in [0.05, 0.1) is 6.20 Å². The van der Waals surface area contributed by atoms with E-state index in [-0.39, 0.29) is 12.0 Å². The van der Waals surface area contributed by atoms with E-state index >= 15 is 0 Å². The average Bonchev–Trinajstić information content (AvgIpc) is 2.53. The molecule has 0 N–H and O–H groups in total. The molecule has 68 valence electrons. The number of rotatable bonds is 1. The van der Waals surface area contributed by atoms with Crippen LogP contribution in [0.4, 0.5) is 10.2 Å². The van der Waals surface area contributed by atoms with Crippen LogP contribution in [0.15, 0.2) is 23.3 Å². The molecule has 5 heteroatoms. The van der Waals surface area contributed by atoms with E-state index in [0.717, 1.165) is 6.20 Å². The van der Waals surface area contributed by atoms with Crippen LogP contribution in [0.2, 0.25) is 0 Å². The molecule has 0 fully saturated rings. The molecule has 0 saturated heterocycles. The maximum Gasteiger partial charge on any atom is 0.207 e. The second-order valence-corrected chi connectivity index (χ2v) is 2.65. The van der Waals surface area contributed by atoms with Crippen LogP contribution in [0, 0.1) is 5.82 Å². The van der Waals surface area contributed by atoms with Gasteiger partial charge in [0, 0.05) is 0 Å². The number of hydrogen-bond donors (Lipinski definition) is 0. The number of hydrogen-bond acceptors (Lipinski definition) is 4. The lowest BCUT2D eigenvalue weighted by atomic mass is 10.4. The van der Waals surface area contributed by atoms with Crippen LogP contribution in [0.3, 0.4) is 0 Å². The summed E-state index contributed by atoms with van der Waals surface area (Å²) in [7, 11) is 0. The van der Waals surface area contributed by atoms with Crippen molar-refractivity contribution in [1.82, 2.24) is 4.98 Å². The third kappa shape index (κ3) is 1.44. The number of halogens is 1. The molecule has 1 aromatic rings. The number of aromatic nitrogens is 1. The normalized spacial score (nSPS) is 20.5. The molecule has 1 aliphatic rings. The Morgan fingerprint density at radius 1 is 1.54 bits per heavy atom. The Morgan fingerprint density at radius 3 is 2.92 bits per heavy atom. The molecule has 2 heterocycles. The smallest absolute Gasteiger partial charge is 0.207 e. The number of anilines is 1. The minimum atomic E-state index is -0.364. The van der Waals surface area contributed by atoms with Gasteiger partial charge in [0.15, 0.2) is 12.0 Å². The lowest BCUT2D eigenvalue weighted by molar-refractivity contribution is 0.280. The number of nitrogens with zero attached hydrogens (tertiary/aromatic N) is 3. The van der Waals surface area contributed by atoms with Crippen molar-refractivity contribution in [2.24, 2.45) is 4.99 Å². The molecular weight excluding hydrogens is 173 g/mol. The van der Waals surface area contributed by atoms with Crippen molar-refractivity contribution >= 4 is 12.2 Å². The second kappa shape index (κ2) is 3.01. The molecule has 0 aliphatic carbocycles. The number of aliphatic imine (C=N–C) groups is 1. The van der Waals surface area contributed by atoms with Gasteiger partial charge < -0.3 is 4.84 Å². The van der Waals surface area contributed by atoms with Crippen LogP contribution < -0.4 is 5.06 Å². The zero-order chi connectivity index (χ0) is 9.26. The minimum Gasteiger partial charge on any atom is -0.364 e. The zero-order valence-corrected chi connectivity index (χ0v) is 7.01. The van der Waals surface area contributed by atoms with Gasteiger partial charge in [0.25, 0.3) is 0 Å². The van der Waals surface area contributed by atoms with Crippen LogP contribution >= 0.6 is 0 Å². The molecule has 0 saturated carbocycles. The molecule has 13 heavy (non-hydrogen) atoms. The Morgan fingerprint density at radius 2 is 2.38 bits per heavy atom. The first-order chi connectivity index (χ1) is 6.27. The highest BCUT2D eigenvalue weighted by atomic mass is 19.1. The van der Waals surface area contributed by atoms with Crippen molar-refractivity contribution in [2.75, 3.05) is 5.06 Å². The molecule has 1 unspecified atom stereocenters. The Hall–Kier alpha value is -1.65. The summed E-state index contributed by atoms with van der Waals surface area (Å²) in [5.41, 5.74) is 0. The van der Waals surface area contributed by atoms with E-state index in [9.17, 15) is 4.39 Å². The predicted octanol–water partition coefficient (Wildman–Crippen LogP) is 1.35. The highest BCUT2D eigenvalue weighted by Gasteiger charge is 2.19. The Kier molecular flexibility index (Phi) is 1.84. The summed E-state index contributed by atoms with van der Waals surface area (Å²) in [6, 6.07) is 2.87. The summed E-state index contributed by atoms with van der Waals surface area (Å²) in [6.07, 6.45) is 2.37. The van der Waals surface area contributed by atoms with E-state index < -0.39 is 0 Å². The summed E-state index contributed by atoms with van der Waals surface area (Å²) < 4.78 is 12.5. The van der Waals surface area contributed by atoms with Crippen molar-refractivity contribution in [2.45, 2.75) is 13.1 Å². The van der Waals surface area contributed by atoms with Gasteiger partial charge in [-0.25, -0.2) is 14.4 Å². The van der Waals surface area contributed by atoms with E-state index in [2.05, 4.69) is 9.98 Å². The lowest BCUT2D eigenvalue weighted by Gasteiger charge is -2.17. The van der Waals surface area contributed by atoms with E-state index in [1.54, 1.807) is 6.07 Å². The van der Waals surface area contributed by atoms with Gasteiger partial charge in [0.1, 0.15) is 5.82 Å². The standard InChI is InChI=1S/C8H8FN3O/c1-6-11-5-13-12(6)8-3-2-7(9)4-10-8/h2-6H,1H3. The van der Waals surface area contributed by atoms with Crippen LogP contribution in [0.1, 0.15) is 6.92 Å². The van der Waals surface area contributed by atoms with Gasteiger partial charge in [-0.1, -0.05) is 0 Å². The minimum absolute atomic E-state index is 0.113. The van der Waals surface area contributed by atoms with Crippen LogP contribution in [-0.2, 0) is 4.84 Å². The quantitative estimate of drug-likeness (QED) is 0.656. The molecular formula is C8H8FN3O. The van der Waals surface area contributed by atoms with Crippen molar-refractivity contribution in [3.05, 3.63) is 24.1 Å². The first kappa shape index (κ1) is 7.97. The van der Waals surface area contributed by atoms with Crippen LogP contribution in [-0.4, -0.2) is 17.6 Å². The Bertz CT molecular complexity index is 325. The summed E-state index contributed by atoms with van der Waals surface area (Å²) in [6.45, 7) is 1.86. The third-order valence-corrected chi connectivity index (χ3v) is 1.71. The molecule has 0 aromatic carbocycles. The molecule has 1 aliphatic heterocycles. The third-order valence-electron chi connectivity index (χ3n) is 1.71. The lowest BCUT2D eigenvalue weighted by Crippen LogP contribution is -2.26. The highest BCUT2D eigenvalue weighted by molar-refractivity contribution is 5.54. The summed E-state index contributed by atoms with van der Waals surface area (Å²) in [4.78, 5) is 12.9. The van der Waals surface area contributed by atoms with Crippen LogP contribution in [0.25, 0.3) is 0 Å². The monoisotopic (exact) mass is 181 g/mol. The van der Waals surface area contributed by atoms with Crippen molar-refractivity contribution in [3.63, 3.8) is 0 Å². The van der Waals surface area contributed by atoms with Gasteiger partial charge in [-0.3, -0.25) is 0 Å². The van der Waals surface area contributed by atoms with Gasteiger partial charge in [-0.05, 0) is 19.1 Å². The molecule has 2 rings (SSSR count). The molecule has 1 atom stereocenters. The van der Waals surface area contributed by atoms with Gasteiger partial charge >= 0.3 is 0 Å². The largest absolute Gasteiger partial charge is 0.364 e. The van der Waals surface area contributed by atoms with E-state index in [4.69, 9.17) is 4.84 Å². The average molecular weight is 181 g/mol. The van der Waals surface area contributed by atoms with Crippen LogP contribution in [0.5, 0.6) is 0 Å². The fraction of sp³-hybridized carbons (Fsp3) is 0.250. The summed E-state index contributed by atoms with van der Waals surface area (Å²) in [5, 5.41) is 1.50. The van der Waals surface area contributed by atoms with E-state index in [1.807, 2.05) is 6.92 Å². The van der Waals surface area contributed by atoms with E-state index in [0.29, 0.717) is 5.82 Å². The Balaban J connectivity index is 2.21. The first-order valence-corrected chi connectivity index (χ1v) is 3.86. The van der Waals surface area contributed by atoms with E-state index in [1.165, 1.54) is 17.5 Å². The van der Waals surface area contributed by atoms with Crippen molar-refractivity contribution < 1.29 is 9.23 Å². The van der Waals surface area contributed by atoms with Gasteiger partial charge in [-0.15, -0.1) is 0 Å². The first-order valence-electron chi connectivity index (χ1n) is 3.86.